The summed E-state index contributed by atoms with van der Waals surface area (Å²) >= 11 is 0. The van der Waals surface area contributed by atoms with Gasteiger partial charge in [-0.15, -0.1) is 0 Å². The van der Waals surface area contributed by atoms with Crippen molar-refractivity contribution < 1.29 is 0 Å². The minimum Gasteiger partial charge on any atom is -0.399 e. The molecule has 12 heavy (non-hydrogen) atoms. The third-order valence-electron chi connectivity index (χ3n) is 1.62. The molecule has 0 aromatic heterocycles. The van der Waals surface area contributed by atoms with E-state index < -0.39 is 0 Å². The van der Waals surface area contributed by atoms with Gasteiger partial charge >= 0.3 is 0 Å². The SMILES string of the molecule is C=C(C)c1ccc(N)cc1C#N. The highest BCUT2D eigenvalue weighted by Crippen LogP contribution is 2.18. The molecule has 0 unspecified atom stereocenters. The third kappa shape index (κ3) is 1.46. The Morgan fingerprint density at radius 3 is 2.75 bits per heavy atom. The summed E-state index contributed by atoms with van der Waals surface area (Å²) < 4.78 is 0. The van der Waals surface area contributed by atoms with Gasteiger partial charge in [-0.05, 0) is 30.2 Å². The van der Waals surface area contributed by atoms with Gasteiger partial charge in [0.2, 0.25) is 0 Å². The van der Waals surface area contributed by atoms with E-state index in [0.29, 0.717) is 11.3 Å². The van der Waals surface area contributed by atoms with E-state index in [0.717, 1.165) is 11.1 Å². The zero-order valence-electron chi connectivity index (χ0n) is 6.96. The molecule has 1 rings (SSSR count). The van der Waals surface area contributed by atoms with E-state index in [-0.39, 0.29) is 0 Å². The lowest BCUT2D eigenvalue weighted by Crippen LogP contribution is -1.90. The van der Waals surface area contributed by atoms with Crippen LogP contribution in [0, 0.1) is 11.3 Å². The van der Waals surface area contributed by atoms with Gasteiger partial charge in [0.15, 0.2) is 0 Å². The summed E-state index contributed by atoms with van der Waals surface area (Å²) in [7, 11) is 0. The number of rotatable bonds is 1. The first kappa shape index (κ1) is 8.35. The first-order valence-electron chi connectivity index (χ1n) is 3.60. The second kappa shape index (κ2) is 3.10. The molecule has 2 N–H and O–H groups in total. The molecule has 1 aromatic carbocycles. The van der Waals surface area contributed by atoms with Gasteiger partial charge in [0, 0.05) is 5.69 Å². The van der Waals surface area contributed by atoms with E-state index in [2.05, 4.69) is 12.6 Å². The second-order valence-electron chi connectivity index (χ2n) is 2.70. The Labute approximate surface area is 71.9 Å². The molecular weight excluding hydrogens is 148 g/mol. The Bertz CT molecular complexity index is 359. The Morgan fingerprint density at radius 2 is 2.25 bits per heavy atom. The molecule has 0 spiro atoms. The molecule has 2 nitrogen and oxygen atoms in total. The topological polar surface area (TPSA) is 49.8 Å². The number of nitriles is 1. The number of hydrogen-bond acceptors (Lipinski definition) is 2. The predicted octanol–water partition coefficient (Wildman–Crippen LogP) is 2.17. The van der Waals surface area contributed by atoms with Crippen LogP contribution in [0.25, 0.3) is 5.57 Å². The Balaban J connectivity index is 3.32. The van der Waals surface area contributed by atoms with Gasteiger partial charge < -0.3 is 5.73 Å². The van der Waals surface area contributed by atoms with Crippen molar-refractivity contribution in [3.8, 4) is 6.07 Å². The van der Waals surface area contributed by atoms with Crippen LogP contribution in [0.15, 0.2) is 24.8 Å². The molecule has 1 aromatic rings. The van der Waals surface area contributed by atoms with Crippen LogP contribution in [-0.2, 0) is 0 Å². The molecule has 2 heteroatoms. The van der Waals surface area contributed by atoms with Crippen LogP contribution >= 0.6 is 0 Å². The van der Waals surface area contributed by atoms with E-state index in [9.17, 15) is 0 Å². The van der Waals surface area contributed by atoms with Crippen molar-refractivity contribution >= 4 is 11.3 Å². The summed E-state index contributed by atoms with van der Waals surface area (Å²) in [6, 6.07) is 7.32. The number of nitrogens with zero attached hydrogens (tertiary/aromatic N) is 1. The van der Waals surface area contributed by atoms with Gasteiger partial charge in [0.25, 0.3) is 0 Å². The summed E-state index contributed by atoms with van der Waals surface area (Å²) in [6.07, 6.45) is 0. The molecule has 0 radical (unpaired) electrons. The van der Waals surface area contributed by atoms with Gasteiger partial charge in [0.05, 0.1) is 11.6 Å². The zero-order chi connectivity index (χ0) is 9.14. The minimum absolute atomic E-state index is 0.586. The van der Waals surface area contributed by atoms with Gasteiger partial charge in [-0.3, -0.25) is 0 Å². The number of nitrogens with two attached hydrogens (primary N) is 1. The second-order valence-corrected chi connectivity index (χ2v) is 2.70. The molecular formula is C10H10N2. The highest BCUT2D eigenvalue weighted by molar-refractivity contribution is 5.69. The number of anilines is 1. The van der Waals surface area contributed by atoms with E-state index in [1.54, 1.807) is 12.1 Å². The van der Waals surface area contributed by atoms with Crippen molar-refractivity contribution in [1.82, 2.24) is 0 Å². The highest BCUT2D eigenvalue weighted by Gasteiger charge is 2.01. The zero-order valence-corrected chi connectivity index (χ0v) is 6.96. The molecule has 0 aliphatic rings. The lowest BCUT2D eigenvalue weighted by atomic mass is 10.0. The normalized spacial score (nSPS) is 9.00. The molecule has 60 valence electrons. The number of benzene rings is 1. The van der Waals surface area contributed by atoms with E-state index in [1.807, 2.05) is 13.0 Å². The number of hydrogen-bond donors (Lipinski definition) is 1. The van der Waals surface area contributed by atoms with Crippen LogP contribution in [0.4, 0.5) is 5.69 Å². The van der Waals surface area contributed by atoms with Crippen molar-refractivity contribution in [2.45, 2.75) is 6.92 Å². The summed E-state index contributed by atoms with van der Waals surface area (Å²) in [5.74, 6) is 0. The fourth-order valence-corrected chi connectivity index (χ4v) is 1.03. The first-order valence-corrected chi connectivity index (χ1v) is 3.60. The Morgan fingerprint density at radius 1 is 1.58 bits per heavy atom. The molecule has 0 heterocycles. The maximum absolute atomic E-state index is 8.75. The summed E-state index contributed by atoms with van der Waals surface area (Å²) in [5.41, 5.74) is 8.46. The highest BCUT2D eigenvalue weighted by atomic mass is 14.5. The Hall–Kier alpha value is -1.75. The molecule has 0 fully saturated rings. The van der Waals surface area contributed by atoms with Gasteiger partial charge in [0.1, 0.15) is 0 Å². The van der Waals surface area contributed by atoms with Crippen molar-refractivity contribution in [3.63, 3.8) is 0 Å². The predicted molar refractivity (Wildman–Crippen MR) is 50.3 cm³/mol. The van der Waals surface area contributed by atoms with Crippen LogP contribution in [0.3, 0.4) is 0 Å². The van der Waals surface area contributed by atoms with Crippen molar-refractivity contribution in [2.75, 3.05) is 5.73 Å². The molecule has 0 amide bonds. The van der Waals surface area contributed by atoms with Crippen LogP contribution in [0.2, 0.25) is 0 Å². The van der Waals surface area contributed by atoms with Crippen LogP contribution in [0.1, 0.15) is 18.1 Å². The Kier molecular flexibility index (Phi) is 2.16. The largest absolute Gasteiger partial charge is 0.399 e. The van der Waals surface area contributed by atoms with E-state index >= 15 is 0 Å². The average Bonchev–Trinajstić information content (AvgIpc) is 2.03. The van der Waals surface area contributed by atoms with Crippen molar-refractivity contribution in [3.05, 3.63) is 35.9 Å². The van der Waals surface area contributed by atoms with Crippen LogP contribution < -0.4 is 5.73 Å². The number of nitrogen functional groups attached to an aromatic ring is 1. The third-order valence-corrected chi connectivity index (χ3v) is 1.62. The molecule has 0 saturated carbocycles. The first-order chi connectivity index (χ1) is 5.65. The quantitative estimate of drug-likeness (QED) is 0.637. The van der Waals surface area contributed by atoms with Crippen LogP contribution in [-0.4, -0.2) is 0 Å². The molecule has 0 aliphatic carbocycles. The van der Waals surface area contributed by atoms with Gasteiger partial charge in [-0.25, -0.2) is 0 Å². The van der Waals surface area contributed by atoms with Crippen molar-refractivity contribution in [1.29, 1.82) is 5.26 Å². The van der Waals surface area contributed by atoms with Gasteiger partial charge in [-0.2, -0.15) is 5.26 Å². The summed E-state index contributed by atoms with van der Waals surface area (Å²) in [6.45, 7) is 5.64. The smallest absolute Gasteiger partial charge is 0.0998 e. The molecule has 0 aliphatic heterocycles. The monoisotopic (exact) mass is 158 g/mol. The molecule has 0 bridgehead atoms. The molecule has 0 saturated heterocycles. The maximum Gasteiger partial charge on any atom is 0.0998 e. The van der Waals surface area contributed by atoms with Crippen LogP contribution in [0.5, 0.6) is 0 Å². The fraction of sp³-hybridized carbons (Fsp3) is 0.100. The summed E-state index contributed by atoms with van der Waals surface area (Å²) in [4.78, 5) is 0. The lowest BCUT2D eigenvalue weighted by molar-refractivity contribution is 1.45. The summed E-state index contributed by atoms with van der Waals surface area (Å²) in [5, 5.41) is 8.75. The standard InChI is InChI=1S/C10H10N2/c1-7(2)10-4-3-9(12)5-8(10)6-11/h3-5H,1,12H2,2H3. The molecule has 0 atom stereocenters. The van der Waals surface area contributed by atoms with E-state index in [1.165, 1.54) is 0 Å². The maximum atomic E-state index is 8.75. The van der Waals surface area contributed by atoms with Gasteiger partial charge in [-0.1, -0.05) is 12.6 Å². The minimum atomic E-state index is 0.586. The van der Waals surface area contributed by atoms with E-state index in [4.69, 9.17) is 11.0 Å². The average molecular weight is 158 g/mol. The van der Waals surface area contributed by atoms with Crippen molar-refractivity contribution in [2.24, 2.45) is 0 Å². The number of allylic oxidation sites excluding steroid dienone is 1. The lowest BCUT2D eigenvalue weighted by Gasteiger charge is -2.02. The fourth-order valence-electron chi connectivity index (χ4n) is 1.03.